The average molecular weight is 312 g/mol. The molecule has 2 aliphatic rings. The van der Waals surface area contributed by atoms with Gasteiger partial charge in [0.25, 0.3) is 0 Å². The van der Waals surface area contributed by atoms with Crippen LogP contribution >= 0.6 is 0 Å². The van der Waals surface area contributed by atoms with Gasteiger partial charge in [0, 0.05) is 19.0 Å². The van der Waals surface area contributed by atoms with Gasteiger partial charge in [0.15, 0.2) is 0 Å². The summed E-state index contributed by atoms with van der Waals surface area (Å²) < 4.78 is 0. The number of piperidine rings is 1. The first-order valence-electron chi connectivity index (χ1n) is 8.85. The zero-order valence-corrected chi connectivity index (χ0v) is 14.5. The summed E-state index contributed by atoms with van der Waals surface area (Å²) in [7, 11) is 0. The number of rotatable bonds is 4. The number of amides is 1. The van der Waals surface area contributed by atoms with E-state index in [0.717, 1.165) is 26.1 Å². The summed E-state index contributed by atoms with van der Waals surface area (Å²) in [6, 6.07) is 9.07. The van der Waals surface area contributed by atoms with Gasteiger partial charge < -0.3 is 10.2 Å². The molecule has 0 radical (unpaired) electrons. The average Bonchev–Trinajstić information content (AvgIpc) is 3.04. The highest BCUT2D eigenvalue weighted by atomic mass is 16.2. The summed E-state index contributed by atoms with van der Waals surface area (Å²) in [5.74, 6) is 1.72. The molecule has 124 valence electrons. The minimum Gasteiger partial charge on any atom is -0.337 e. The van der Waals surface area contributed by atoms with Gasteiger partial charge in [-0.1, -0.05) is 50.3 Å². The summed E-state index contributed by atoms with van der Waals surface area (Å²) in [6.45, 7) is 8.98. The Hall–Kier alpha value is -1.61. The molecule has 1 aromatic rings. The molecule has 2 aliphatic heterocycles. The Labute approximate surface area is 139 Å². The maximum atomic E-state index is 12.7. The predicted octanol–water partition coefficient (Wildman–Crippen LogP) is 3.29. The number of hydrogen-bond acceptors (Lipinski definition) is 2. The normalized spacial score (nSPS) is 27.9. The van der Waals surface area contributed by atoms with Crippen LogP contribution in [0.15, 0.2) is 36.4 Å². The summed E-state index contributed by atoms with van der Waals surface area (Å²) >= 11 is 0. The second kappa shape index (κ2) is 6.88. The van der Waals surface area contributed by atoms with Gasteiger partial charge in [-0.05, 0) is 42.9 Å². The van der Waals surface area contributed by atoms with Gasteiger partial charge in [-0.25, -0.2) is 0 Å². The summed E-state index contributed by atoms with van der Waals surface area (Å²) in [6.07, 6.45) is 5.20. The van der Waals surface area contributed by atoms with Crippen LogP contribution in [0.1, 0.15) is 50.2 Å². The number of nitrogens with zero attached hydrogens (tertiary/aromatic N) is 1. The van der Waals surface area contributed by atoms with Gasteiger partial charge in [-0.15, -0.1) is 0 Å². The Kier molecular flexibility index (Phi) is 4.86. The van der Waals surface area contributed by atoms with Crippen LogP contribution < -0.4 is 5.32 Å². The molecule has 2 fully saturated rings. The number of allylic oxidation sites excluding steroid dienone is 1. The first-order chi connectivity index (χ1) is 11.1. The Morgan fingerprint density at radius 2 is 2.04 bits per heavy atom. The van der Waals surface area contributed by atoms with E-state index in [1.165, 1.54) is 11.1 Å². The van der Waals surface area contributed by atoms with Crippen molar-refractivity contribution in [3.63, 3.8) is 0 Å². The minimum atomic E-state index is 0.00350. The molecule has 1 amide bonds. The van der Waals surface area contributed by atoms with Crippen LogP contribution in [0.5, 0.6) is 0 Å². The third kappa shape index (κ3) is 3.20. The van der Waals surface area contributed by atoms with Crippen molar-refractivity contribution >= 4 is 5.91 Å². The molecule has 3 rings (SSSR count). The molecule has 3 atom stereocenters. The smallest absolute Gasteiger partial charge is 0.240 e. The lowest BCUT2D eigenvalue weighted by Crippen LogP contribution is -2.54. The standard InChI is InChI=1S/C20H28N2O/c1-4-5-12-22-13-18(17-10-11-21-19(17)20(22)23)16-8-6-15(7-9-16)14(2)3/h4-9,14,17-19,21H,10-13H2,1-3H3. The summed E-state index contributed by atoms with van der Waals surface area (Å²) in [4.78, 5) is 14.7. The van der Waals surface area contributed by atoms with Crippen molar-refractivity contribution in [1.29, 1.82) is 0 Å². The van der Waals surface area contributed by atoms with Crippen LogP contribution in [-0.4, -0.2) is 36.5 Å². The maximum Gasteiger partial charge on any atom is 0.240 e. The topological polar surface area (TPSA) is 32.3 Å². The van der Waals surface area contributed by atoms with Crippen molar-refractivity contribution in [2.75, 3.05) is 19.6 Å². The molecule has 0 saturated carbocycles. The van der Waals surface area contributed by atoms with Crippen LogP contribution in [0.3, 0.4) is 0 Å². The quantitative estimate of drug-likeness (QED) is 0.865. The molecule has 3 nitrogen and oxygen atoms in total. The van der Waals surface area contributed by atoms with Crippen LogP contribution in [0.4, 0.5) is 0 Å². The van der Waals surface area contributed by atoms with Crippen LogP contribution in [0.2, 0.25) is 0 Å². The number of benzene rings is 1. The van der Waals surface area contributed by atoms with Crippen LogP contribution in [0.25, 0.3) is 0 Å². The highest BCUT2D eigenvalue weighted by Crippen LogP contribution is 2.38. The molecule has 23 heavy (non-hydrogen) atoms. The number of nitrogens with one attached hydrogen (secondary N) is 1. The fraction of sp³-hybridized carbons (Fsp3) is 0.550. The lowest BCUT2D eigenvalue weighted by molar-refractivity contribution is -0.137. The monoisotopic (exact) mass is 312 g/mol. The fourth-order valence-corrected chi connectivity index (χ4v) is 3.96. The molecule has 1 N–H and O–H groups in total. The third-order valence-electron chi connectivity index (χ3n) is 5.37. The number of hydrogen-bond donors (Lipinski definition) is 1. The van der Waals surface area contributed by atoms with Gasteiger partial charge >= 0.3 is 0 Å². The second-order valence-corrected chi connectivity index (χ2v) is 7.12. The first-order valence-corrected chi connectivity index (χ1v) is 8.85. The van der Waals surface area contributed by atoms with E-state index in [2.05, 4.69) is 49.5 Å². The van der Waals surface area contributed by atoms with Gasteiger partial charge in [-0.2, -0.15) is 0 Å². The van der Waals surface area contributed by atoms with Gasteiger partial charge in [0.2, 0.25) is 5.91 Å². The highest BCUT2D eigenvalue weighted by molar-refractivity contribution is 5.84. The number of fused-ring (bicyclic) bond motifs is 1. The lowest BCUT2D eigenvalue weighted by atomic mass is 9.77. The SMILES string of the molecule is CC=CCN1CC(c2ccc(C(C)C)cc2)C2CCNC2C1=O. The molecule has 0 aliphatic carbocycles. The Morgan fingerprint density at radius 3 is 2.70 bits per heavy atom. The molecule has 2 heterocycles. The molecule has 3 unspecified atom stereocenters. The van der Waals surface area contributed by atoms with Crippen molar-refractivity contribution in [3.05, 3.63) is 47.5 Å². The van der Waals surface area contributed by atoms with Crippen molar-refractivity contribution in [1.82, 2.24) is 10.2 Å². The van der Waals surface area contributed by atoms with Gasteiger partial charge in [0.05, 0.1) is 6.04 Å². The van der Waals surface area contributed by atoms with Gasteiger partial charge in [0.1, 0.15) is 0 Å². The van der Waals surface area contributed by atoms with Gasteiger partial charge in [-0.3, -0.25) is 4.79 Å². The Bertz CT molecular complexity index is 576. The van der Waals surface area contributed by atoms with E-state index >= 15 is 0 Å². The predicted molar refractivity (Wildman–Crippen MR) is 94.6 cm³/mol. The maximum absolute atomic E-state index is 12.7. The molecule has 0 aromatic heterocycles. The number of carbonyl (C=O) groups excluding carboxylic acids is 1. The van der Waals surface area contributed by atoms with Crippen molar-refractivity contribution in [3.8, 4) is 0 Å². The second-order valence-electron chi connectivity index (χ2n) is 7.12. The highest BCUT2D eigenvalue weighted by Gasteiger charge is 2.45. The van der Waals surface area contributed by atoms with E-state index in [1.54, 1.807) is 0 Å². The molecule has 0 spiro atoms. The lowest BCUT2D eigenvalue weighted by Gasteiger charge is -2.40. The Morgan fingerprint density at radius 1 is 1.30 bits per heavy atom. The van der Waals surface area contributed by atoms with Crippen molar-refractivity contribution in [2.24, 2.45) is 5.92 Å². The van der Waals surface area contributed by atoms with E-state index in [1.807, 2.05) is 17.9 Å². The van der Waals surface area contributed by atoms with Crippen molar-refractivity contribution < 1.29 is 4.79 Å². The largest absolute Gasteiger partial charge is 0.337 e. The van der Waals surface area contributed by atoms with E-state index in [4.69, 9.17) is 0 Å². The Balaban J connectivity index is 1.85. The van der Waals surface area contributed by atoms with Crippen molar-refractivity contribution in [2.45, 2.75) is 45.1 Å². The zero-order valence-electron chi connectivity index (χ0n) is 14.5. The van der Waals surface area contributed by atoms with E-state index in [0.29, 0.717) is 17.8 Å². The zero-order chi connectivity index (χ0) is 16.4. The first kappa shape index (κ1) is 16.3. The molecule has 0 bridgehead atoms. The van der Waals surface area contributed by atoms with E-state index in [9.17, 15) is 4.79 Å². The fourth-order valence-electron chi connectivity index (χ4n) is 3.96. The number of likely N-dealkylation sites (tertiary alicyclic amines) is 1. The molecule has 2 saturated heterocycles. The minimum absolute atomic E-state index is 0.00350. The van der Waals surface area contributed by atoms with E-state index in [-0.39, 0.29) is 11.9 Å². The number of carbonyl (C=O) groups is 1. The molecular weight excluding hydrogens is 284 g/mol. The molecular formula is C20H28N2O. The molecule has 3 heteroatoms. The van der Waals surface area contributed by atoms with Crippen LogP contribution in [0, 0.1) is 5.92 Å². The third-order valence-corrected chi connectivity index (χ3v) is 5.37. The van der Waals surface area contributed by atoms with Crippen LogP contribution in [-0.2, 0) is 4.79 Å². The summed E-state index contributed by atoms with van der Waals surface area (Å²) in [5, 5.41) is 3.43. The summed E-state index contributed by atoms with van der Waals surface area (Å²) in [5.41, 5.74) is 2.76. The molecule has 1 aromatic carbocycles. The van der Waals surface area contributed by atoms with E-state index < -0.39 is 0 Å².